The molecule has 3 N–H and O–H groups in total. The van der Waals surface area contributed by atoms with Crippen LogP contribution in [-0.4, -0.2) is 30.2 Å². The molecule has 4 aromatic rings. The second-order valence-corrected chi connectivity index (χ2v) is 7.88. The molecule has 13 heteroatoms. The number of anilines is 1. The number of amides is 1. The monoisotopic (exact) mass is 564 g/mol. The average molecular weight is 564 g/mol. The summed E-state index contributed by atoms with van der Waals surface area (Å²) >= 11 is 0. The summed E-state index contributed by atoms with van der Waals surface area (Å²) in [5.41, 5.74) is -1.99. The number of phenolic OH excluding ortho intramolecular Hbond substituents is 1. The first-order valence-electron chi connectivity index (χ1n) is 11.1. The minimum atomic E-state index is -4.71. The van der Waals surface area contributed by atoms with Gasteiger partial charge in [0.1, 0.15) is 40.4 Å². The van der Waals surface area contributed by atoms with Gasteiger partial charge in [0.05, 0.1) is 25.3 Å². The van der Waals surface area contributed by atoms with Gasteiger partial charge in [0.2, 0.25) is 5.56 Å². The van der Waals surface area contributed by atoms with Gasteiger partial charge in [-0.1, -0.05) is 0 Å². The van der Waals surface area contributed by atoms with Crippen molar-refractivity contribution in [2.75, 3.05) is 19.5 Å². The Kier molecular flexibility index (Phi) is 9.33. The summed E-state index contributed by atoms with van der Waals surface area (Å²) in [5, 5.41) is 11.1. The van der Waals surface area contributed by atoms with Gasteiger partial charge in [0, 0.05) is 54.3 Å². The number of aromatic hydroxyl groups is 1. The van der Waals surface area contributed by atoms with Crippen LogP contribution in [0.1, 0.15) is 15.9 Å². The molecule has 1 amide bonds. The van der Waals surface area contributed by atoms with E-state index in [4.69, 9.17) is 14.6 Å². The third-order valence-corrected chi connectivity index (χ3v) is 4.98. The first kappa shape index (κ1) is 29.5. The summed E-state index contributed by atoms with van der Waals surface area (Å²) < 4.78 is 80.6. The number of rotatable bonds is 6. The van der Waals surface area contributed by atoms with E-state index < -0.39 is 40.4 Å². The van der Waals surface area contributed by atoms with E-state index in [1.807, 2.05) is 0 Å². The molecule has 4 rings (SSSR count). The van der Waals surface area contributed by atoms with Crippen LogP contribution in [0, 0.1) is 11.6 Å². The van der Waals surface area contributed by atoms with E-state index in [9.17, 15) is 31.5 Å². The molecule has 0 fully saturated rings. The Labute approximate surface area is 223 Å². The number of aromatic nitrogens is 1. The third kappa shape index (κ3) is 8.21. The van der Waals surface area contributed by atoms with Gasteiger partial charge in [-0.05, 0) is 24.3 Å². The van der Waals surface area contributed by atoms with Crippen molar-refractivity contribution in [3.05, 3.63) is 106 Å². The molecule has 0 unspecified atom stereocenters. The zero-order valence-corrected chi connectivity index (χ0v) is 20.8. The zero-order valence-electron chi connectivity index (χ0n) is 20.8. The maximum Gasteiger partial charge on any atom is 0.416 e. The lowest BCUT2D eigenvalue weighted by molar-refractivity contribution is -0.137. The molecule has 0 spiro atoms. The largest absolute Gasteiger partial charge is 0.508 e. The fourth-order valence-electron chi connectivity index (χ4n) is 3.20. The van der Waals surface area contributed by atoms with Crippen molar-refractivity contribution in [1.82, 2.24) is 4.98 Å². The Morgan fingerprint density at radius 2 is 1.48 bits per heavy atom. The topological polar surface area (TPSA) is 110 Å². The van der Waals surface area contributed by atoms with Gasteiger partial charge in [-0.2, -0.15) is 13.2 Å². The molecule has 0 aliphatic rings. The third-order valence-electron chi connectivity index (χ3n) is 4.98. The van der Waals surface area contributed by atoms with Crippen LogP contribution in [0.15, 0.2) is 77.7 Å². The summed E-state index contributed by atoms with van der Waals surface area (Å²) in [7, 11) is 2.71. The van der Waals surface area contributed by atoms with E-state index in [1.54, 1.807) is 0 Å². The van der Waals surface area contributed by atoms with Gasteiger partial charge in [-0.3, -0.25) is 9.59 Å². The lowest BCUT2D eigenvalue weighted by Crippen LogP contribution is -2.16. The molecule has 1 aromatic heterocycles. The number of ether oxygens (including phenoxy) is 3. The number of carbonyl (C=O) groups is 1. The Hall–Kier alpha value is -5.07. The van der Waals surface area contributed by atoms with Crippen LogP contribution in [0.3, 0.4) is 0 Å². The molecule has 0 bridgehead atoms. The highest BCUT2D eigenvalue weighted by Crippen LogP contribution is 2.35. The Morgan fingerprint density at radius 1 is 0.850 bits per heavy atom. The predicted octanol–water partition coefficient (Wildman–Crippen LogP) is 6.13. The average Bonchev–Trinajstić information content (AvgIpc) is 2.87. The molecular formula is C27H21F5N2O6. The number of H-pyrrole nitrogens is 1. The first-order chi connectivity index (χ1) is 18.9. The fraction of sp³-hybridized carbons (Fsp3) is 0.111. The van der Waals surface area contributed by atoms with Crippen LogP contribution in [0.5, 0.6) is 28.7 Å². The van der Waals surface area contributed by atoms with Crippen molar-refractivity contribution in [3.63, 3.8) is 0 Å². The highest BCUT2D eigenvalue weighted by atomic mass is 19.4. The number of benzene rings is 3. The number of phenols is 1. The number of halogens is 5. The molecule has 40 heavy (non-hydrogen) atoms. The summed E-state index contributed by atoms with van der Waals surface area (Å²) in [6.07, 6.45) is -3.44. The van der Waals surface area contributed by atoms with Crippen LogP contribution in [-0.2, 0) is 6.18 Å². The Morgan fingerprint density at radius 3 is 2.08 bits per heavy atom. The maximum absolute atomic E-state index is 13.7. The quantitative estimate of drug-likeness (QED) is 0.243. The van der Waals surface area contributed by atoms with Crippen molar-refractivity contribution < 1.29 is 46.1 Å². The van der Waals surface area contributed by atoms with Crippen molar-refractivity contribution in [2.24, 2.45) is 0 Å². The maximum atomic E-state index is 13.7. The molecule has 0 saturated heterocycles. The molecular weight excluding hydrogens is 543 g/mol. The van der Waals surface area contributed by atoms with Gasteiger partial charge < -0.3 is 29.6 Å². The van der Waals surface area contributed by atoms with Crippen molar-refractivity contribution >= 4 is 11.6 Å². The second-order valence-electron chi connectivity index (χ2n) is 7.88. The number of aromatic amines is 1. The zero-order chi connectivity index (χ0) is 29.4. The lowest BCUT2D eigenvalue weighted by atomic mass is 10.1. The van der Waals surface area contributed by atoms with E-state index in [0.717, 1.165) is 36.4 Å². The van der Waals surface area contributed by atoms with Crippen LogP contribution >= 0.6 is 0 Å². The number of hydrogen-bond donors (Lipinski definition) is 3. The number of pyridine rings is 1. The van der Waals surface area contributed by atoms with E-state index in [2.05, 4.69) is 15.0 Å². The van der Waals surface area contributed by atoms with E-state index in [-0.39, 0.29) is 28.7 Å². The number of alkyl halides is 3. The van der Waals surface area contributed by atoms with Crippen LogP contribution in [0.4, 0.5) is 27.6 Å². The molecule has 8 nitrogen and oxygen atoms in total. The molecule has 0 radical (unpaired) electrons. The number of carbonyl (C=O) groups excluding carboxylic acids is 1. The minimum absolute atomic E-state index is 0.0690. The minimum Gasteiger partial charge on any atom is -0.508 e. The van der Waals surface area contributed by atoms with Crippen molar-refractivity contribution in [3.8, 4) is 28.7 Å². The molecule has 0 saturated carbocycles. The lowest BCUT2D eigenvalue weighted by Gasteiger charge is -2.15. The first-order valence-corrected chi connectivity index (χ1v) is 11.1. The summed E-state index contributed by atoms with van der Waals surface area (Å²) in [4.78, 5) is 26.3. The number of nitrogens with one attached hydrogen (secondary N) is 2. The van der Waals surface area contributed by atoms with Gasteiger partial charge >= 0.3 is 6.18 Å². The van der Waals surface area contributed by atoms with Gasteiger partial charge in [-0.25, -0.2) is 8.78 Å². The number of methoxy groups -OCH3 is 2. The highest BCUT2D eigenvalue weighted by Gasteiger charge is 2.32. The number of hydrogen-bond acceptors (Lipinski definition) is 6. The second kappa shape index (κ2) is 12.7. The molecule has 0 aliphatic heterocycles. The highest BCUT2D eigenvalue weighted by molar-refractivity contribution is 6.06. The molecule has 0 aliphatic carbocycles. The van der Waals surface area contributed by atoms with Crippen LogP contribution in [0.2, 0.25) is 0 Å². The van der Waals surface area contributed by atoms with Crippen LogP contribution < -0.4 is 25.1 Å². The van der Waals surface area contributed by atoms with Gasteiger partial charge in [-0.15, -0.1) is 0 Å². The van der Waals surface area contributed by atoms with E-state index in [0.29, 0.717) is 11.8 Å². The molecule has 210 valence electrons. The van der Waals surface area contributed by atoms with E-state index in [1.165, 1.54) is 44.7 Å². The van der Waals surface area contributed by atoms with Gasteiger partial charge in [0.15, 0.2) is 0 Å². The SMILES string of the molecule is COc1cc(F)cc(Oc2ccc(C(F)(F)F)cc2C(=O)Nc2cc[nH]c(=O)c2)c1.COc1cc(O)cc(F)c1. The van der Waals surface area contributed by atoms with Crippen molar-refractivity contribution in [1.29, 1.82) is 0 Å². The summed E-state index contributed by atoms with van der Waals surface area (Å²) in [6, 6.07) is 11.6. The summed E-state index contributed by atoms with van der Waals surface area (Å²) in [5.74, 6) is -2.19. The van der Waals surface area contributed by atoms with Gasteiger partial charge in [0.25, 0.3) is 5.91 Å². The Bertz CT molecular complexity index is 1540. The molecule has 3 aromatic carbocycles. The normalized spacial score (nSPS) is 10.7. The van der Waals surface area contributed by atoms with Crippen LogP contribution in [0.25, 0.3) is 0 Å². The standard InChI is InChI=1S/C20H14F4N2O4.C7H7FO2/c1-29-14-7-12(21)8-15(10-14)30-17-3-2-11(20(22,23)24)6-16(17)19(28)26-13-4-5-25-18(27)9-13;1-10-7-3-5(8)2-6(9)4-7/h2-10H,1H3,(H2,25,26,27,28);2-4,9H,1H3. The molecule has 0 atom stereocenters. The van der Waals surface area contributed by atoms with E-state index >= 15 is 0 Å². The molecule has 1 heterocycles. The fourth-order valence-corrected chi connectivity index (χ4v) is 3.20. The summed E-state index contributed by atoms with van der Waals surface area (Å²) in [6.45, 7) is 0. The predicted molar refractivity (Wildman–Crippen MR) is 134 cm³/mol. The smallest absolute Gasteiger partial charge is 0.416 e. The Balaban J connectivity index is 0.000000371. The van der Waals surface area contributed by atoms with Crippen molar-refractivity contribution in [2.45, 2.75) is 6.18 Å².